The molecule has 3 N–H and O–H groups in total. The van der Waals surface area contributed by atoms with Crippen LogP contribution in [0.4, 0.5) is 11.6 Å². The first-order valence-electron chi connectivity index (χ1n) is 11.7. The van der Waals surface area contributed by atoms with Gasteiger partial charge in [-0.2, -0.15) is 4.98 Å². The highest BCUT2D eigenvalue weighted by atomic mass is 16.5. The number of hydrogen-bond donors (Lipinski definition) is 2. The van der Waals surface area contributed by atoms with E-state index in [-0.39, 0.29) is 17.3 Å². The van der Waals surface area contributed by atoms with Crippen molar-refractivity contribution >= 4 is 22.5 Å². The molecule has 0 fully saturated rings. The number of aromatic nitrogens is 6. The fourth-order valence-electron chi connectivity index (χ4n) is 4.18. The molecule has 10 nitrogen and oxygen atoms in total. The van der Waals surface area contributed by atoms with Crippen molar-refractivity contribution in [2.24, 2.45) is 0 Å². The standard InChI is InChI=1S/C27H24N8O2/c1-4-10-17-11-9-14-20-21(17)27(36)35(18-12-7-6-8-13-18)25(33-20)19(5-2)32-24-22(23(28)29-15-30-24)26-31-16(3)34-37-26/h6-9,11-15,19H,5H2,1-3H3,(H3,28,29,30,32). The van der Waals surface area contributed by atoms with Crippen LogP contribution in [-0.2, 0) is 0 Å². The maximum atomic E-state index is 14.0. The Morgan fingerprint density at radius 3 is 2.62 bits per heavy atom. The van der Waals surface area contributed by atoms with E-state index in [2.05, 4.69) is 37.3 Å². The molecule has 37 heavy (non-hydrogen) atoms. The van der Waals surface area contributed by atoms with E-state index >= 15 is 0 Å². The van der Waals surface area contributed by atoms with Gasteiger partial charge >= 0.3 is 0 Å². The summed E-state index contributed by atoms with van der Waals surface area (Å²) in [6.07, 6.45) is 1.93. The molecule has 1 atom stereocenters. The van der Waals surface area contributed by atoms with Gasteiger partial charge in [-0.25, -0.2) is 15.0 Å². The molecular formula is C27H24N8O2. The monoisotopic (exact) mass is 492 g/mol. The van der Waals surface area contributed by atoms with Crippen molar-refractivity contribution in [2.75, 3.05) is 11.1 Å². The number of hydrogen-bond acceptors (Lipinski definition) is 9. The number of benzene rings is 2. The number of nitrogen functional groups attached to an aromatic ring is 1. The van der Waals surface area contributed by atoms with Crippen molar-refractivity contribution in [3.63, 3.8) is 0 Å². The van der Waals surface area contributed by atoms with E-state index in [1.807, 2.05) is 55.5 Å². The van der Waals surface area contributed by atoms with E-state index in [1.54, 1.807) is 18.4 Å². The molecule has 0 aliphatic rings. The average molecular weight is 493 g/mol. The number of nitrogens with zero attached hydrogens (tertiary/aromatic N) is 6. The predicted molar refractivity (Wildman–Crippen MR) is 141 cm³/mol. The van der Waals surface area contributed by atoms with Gasteiger partial charge in [0.05, 0.1) is 22.6 Å². The number of rotatable bonds is 6. The van der Waals surface area contributed by atoms with E-state index in [0.717, 1.165) is 0 Å². The molecular weight excluding hydrogens is 468 g/mol. The van der Waals surface area contributed by atoms with Gasteiger partial charge in [-0.05, 0) is 44.5 Å². The van der Waals surface area contributed by atoms with Crippen LogP contribution in [0.2, 0.25) is 0 Å². The van der Waals surface area contributed by atoms with E-state index in [9.17, 15) is 4.79 Å². The van der Waals surface area contributed by atoms with Crippen LogP contribution >= 0.6 is 0 Å². The zero-order chi connectivity index (χ0) is 25.9. The number of nitrogens with one attached hydrogen (secondary N) is 1. The third kappa shape index (κ3) is 4.38. The lowest BCUT2D eigenvalue weighted by Gasteiger charge is -2.23. The van der Waals surface area contributed by atoms with Crippen LogP contribution in [0.5, 0.6) is 0 Å². The van der Waals surface area contributed by atoms with Gasteiger partial charge in [-0.15, -0.1) is 5.92 Å². The molecule has 0 bridgehead atoms. The smallest absolute Gasteiger partial charge is 0.267 e. The lowest BCUT2D eigenvalue weighted by molar-refractivity contribution is 0.425. The summed E-state index contributed by atoms with van der Waals surface area (Å²) >= 11 is 0. The summed E-state index contributed by atoms with van der Waals surface area (Å²) in [5.74, 6) is 7.66. The van der Waals surface area contributed by atoms with Crippen LogP contribution in [0.1, 0.15) is 43.5 Å². The van der Waals surface area contributed by atoms with Crippen LogP contribution in [0.25, 0.3) is 28.0 Å². The largest absolute Gasteiger partial charge is 0.383 e. The Labute approximate surface area is 212 Å². The van der Waals surface area contributed by atoms with Crippen LogP contribution in [0, 0.1) is 18.8 Å². The number of nitrogens with two attached hydrogens (primary N) is 1. The molecule has 5 rings (SSSR count). The maximum Gasteiger partial charge on any atom is 0.267 e. The average Bonchev–Trinajstić information content (AvgIpc) is 3.33. The molecule has 0 saturated carbocycles. The Morgan fingerprint density at radius 2 is 1.92 bits per heavy atom. The van der Waals surface area contributed by atoms with Gasteiger partial charge in [0, 0.05) is 5.56 Å². The summed E-state index contributed by atoms with van der Waals surface area (Å²) in [6.45, 7) is 5.44. The van der Waals surface area contributed by atoms with Crippen molar-refractivity contribution in [3.05, 3.63) is 82.4 Å². The summed E-state index contributed by atoms with van der Waals surface area (Å²) in [7, 11) is 0. The van der Waals surface area contributed by atoms with Crippen LogP contribution < -0.4 is 16.6 Å². The second-order valence-corrected chi connectivity index (χ2v) is 8.26. The molecule has 0 amide bonds. The molecule has 0 aliphatic heterocycles. The summed E-state index contributed by atoms with van der Waals surface area (Å²) in [6, 6.07) is 14.5. The topological polar surface area (TPSA) is 138 Å². The Balaban J connectivity index is 1.73. The zero-order valence-electron chi connectivity index (χ0n) is 20.6. The zero-order valence-corrected chi connectivity index (χ0v) is 20.6. The first-order valence-corrected chi connectivity index (χ1v) is 11.7. The maximum absolute atomic E-state index is 14.0. The lowest BCUT2D eigenvalue weighted by atomic mass is 10.1. The van der Waals surface area contributed by atoms with Crippen molar-refractivity contribution in [2.45, 2.75) is 33.2 Å². The third-order valence-electron chi connectivity index (χ3n) is 5.85. The molecule has 0 aliphatic carbocycles. The predicted octanol–water partition coefficient (Wildman–Crippen LogP) is 4.05. The molecule has 0 radical (unpaired) electrons. The quantitative estimate of drug-likeness (QED) is 0.336. The highest BCUT2D eigenvalue weighted by molar-refractivity contribution is 5.85. The normalized spacial score (nSPS) is 11.6. The molecule has 0 spiro atoms. The lowest BCUT2D eigenvalue weighted by Crippen LogP contribution is -2.29. The molecule has 2 aromatic carbocycles. The minimum absolute atomic E-state index is 0.186. The van der Waals surface area contributed by atoms with Crippen molar-refractivity contribution < 1.29 is 4.52 Å². The number of para-hydroxylation sites is 1. The Hall–Kier alpha value is -5.04. The molecule has 10 heteroatoms. The van der Waals surface area contributed by atoms with Gasteiger partial charge in [-0.1, -0.05) is 42.3 Å². The molecule has 1 unspecified atom stereocenters. The van der Waals surface area contributed by atoms with Crippen molar-refractivity contribution in [1.29, 1.82) is 0 Å². The summed E-state index contributed by atoms with van der Waals surface area (Å²) in [5.41, 5.74) is 8.23. The third-order valence-corrected chi connectivity index (χ3v) is 5.85. The molecule has 5 aromatic rings. The highest BCUT2D eigenvalue weighted by Gasteiger charge is 2.25. The summed E-state index contributed by atoms with van der Waals surface area (Å²) in [5, 5.41) is 7.72. The van der Waals surface area contributed by atoms with Crippen LogP contribution in [0.3, 0.4) is 0 Å². The van der Waals surface area contributed by atoms with E-state index < -0.39 is 6.04 Å². The van der Waals surface area contributed by atoms with Gasteiger partial charge in [-0.3, -0.25) is 9.36 Å². The number of fused-ring (bicyclic) bond motifs is 1. The first-order chi connectivity index (χ1) is 18.0. The summed E-state index contributed by atoms with van der Waals surface area (Å²) < 4.78 is 6.97. The Morgan fingerprint density at radius 1 is 1.11 bits per heavy atom. The second-order valence-electron chi connectivity index (χ2n) is 8.26. The van der Waals surface area contributed by atoms with Gasteiger partial charge in [0.1, 0.15) is 29.4 Å². The van der Waals surface area contributed by atoms with Gasteiger partial charge in [0.2, 0.25) is 0 Å². The SMILES string of the molecule is CC#Cc1cccc2nc(C(CC)Nc3ncnc(N)c3-c3nc(C)no3)n(-c3ccccc3)c(=O)c12. The first kappa shape index (κ1) is 23.7. The van der Waals surface area contributed by atoms with Crippen molar-refractivity contribution in [3.8, 4) is 29.0 Å². The van der Waals surface area contributed by atoms with Gasteiger partial charge < -0.3 is 15.6 Å². The molecule has 3 aromatic heterocycles. The van der Waals surface area contributed by atoms with Crippen LogP contribution in [-0.4, -0.2) is 29.7 Å². The molecule has 3 heterocycles. The minimum atomic E-state index is -0.435. The Bertz CT molecular complexity index is 1710. The highest BCUT2D eigenvalue weighted by Crippen LogP contribution is 2.32. The minimum Gasteiger partial charge on any atom is -0.383 e. The number of aryl methyl sites for hydroxylation is 1. The second kappa shape index (κ2) is 9.91. The van der Waals surface area contributed by atoms with Crippen LogP contribution in [0.15, 0.2) is 64.2 Å². The van der Waals surface area contributed by atoms with Gasteiger partial charge in [0.25, 0.3) is 11.4 Å². The Kier molecular flexibility index (Phi) is 6.34. The number of anilines is 2. The van der Waals surface area contributed by atoms with E-state index in [4.69, 9.17) is 15.2 Å². The fourth-order valence-corrected chi connectivity index (χ4v) is 4.18. The van der Waals surface area contributed by atoms with E-state index in [1.165, 1.54) is 6.33 Å². The van der Waals surface area contributed by atoms with Gasteiger partial charge in [0.15, 0.2) is 5.82 Å². The van der Waals surface area contributed by atoms with E-state index in [0.29, 0.717) is 51.6 Å². The van der Waals surface area contributed by atoms with Crippen molar-refractivity contribution in [1.82, 2.24) is 29.7 Å². The molecule has 184 valence electrons. The summed E-state index contributed by atoms with van der Waals surface area (Å²) in [4.78, 5) is 31.8. The fraction of sp³-hybridized carbons (Fsp3) is 0.185. The molecule has 0 saturated heterocycles.